The molecule has 2 nitrogen and oxygen atoms in total. The summed E-state index contributed by atoms with van der Waals surface area (Å²) in [5, 5.41) is 1.15. The van der Waals surface area contributed by atoms with Gasteiger partial charge in [-0.15, -0.1) is 0 Å². The van der Waals surface area contributed by atoms with Crippen molar-refractivity contribution >= 4 is 23.2 Å². The molecular weight excluding hydrogens is 247 g/mol. The van der Waals surface area contributed by atoms with Crippen LogP contribution in [0.15, 0.2) is 18.2 Å². The first kappa shape index (κ1) is 12.2. The fourth-order valence-corrected chi connectivity index (χ4v) is 2.48. The lowest BCUT2D eigenvalue weighted by Crippen LogP contribution is -2.20. The van der Waals surface area contributed by atoms with E-state index in [1.807, 2.05) is 13.8 Å². The molecule has 1 aliphatic rings. The Morgan fingerprint density at radius 2 is 1.75 bits per heavy atom. The standard InChI is InChI=1S/C12H13Cl2O2/c1-7-11(16-12(2,3)15-7)10-8(13)5-4-6-9(10)14/h4-7,11H,1H2,2-3H3/t7-,11+/m1/s1. The van der Waals surface area contributed by atoms with Crippen molar-refractivity contribution in [1.82, 2.24) is 0 Å². The lowest BCUT2D eigenvalue weighted by Gasteiger charge is -2.18. The third kappa shape index (κ3) is 2.21. The van der Waals surface area contributed by atoms with Crippen molar-refractivity contribution in [1.29, 1.82) is 0 Å². The Labute approximate surface area is 105 Å². The number of hydrogen-bond donors (Lipinski definition) is 0. The summed E-state index contributed by atoms with van der Waals surface area (Å²) in [5.41, 5.74) is 0.747. The molecule has 1 saturated heterocycles. The van der Waals surface area contributed by atoms with Gasteiger partial charge in [-0.1, -0.05) is 29.3 Å². The van der Waals surface area contributed by atoms with E-state index in [4.69, 9.17) is 32.7 Å². The molecule has 0 bridgehead atoms. The van der Waals surface area contributed by atoms with Crippen LogP contribution in [-0.2, 0) is 9.47 Å². The third-order valence-corrected chi connectivity index (χ3v) is 3.13. The number of halogens is 2. The Hall–Kier alpha value is -0.280. The van der Waals surface area contributed by atoms with Crippen molar-refractivity contribution in [3.8, 4) is 0 Å². The quantitative estimate of drug-likeness (QED) is 0.759. The first-order valence-electron chi connectivity index (χ1n) is 5.03. The van der Waals surface area contributed by atoms with Crippen LogP contribution < -0.4 is 0 Å². The van der Waals surface area contributed by atoms with Crippen LogP contribution in [-0.4, -0.2) is 11.9 Å². The highest BCUT2D eigenvalue weighted by atomic mass is 35.5. The summed E-state index contributed by atoms with van der Waals surface area (Å²) in [5.74, 6) is -0.653. The Bertz CT molecular complexity index is 384. The number of hydrogen-bond acceptors (Lipinski definition) is 2. The second-order valence-electron chi connectivity index (χ2n) is 4.23. The SMILES string of the molecule is [CH2][C@H]1OC(C)(C)O[C@@H]1c1c(Cl)cccc1Cl. The molecule has 1 fully saturated rings. The average Bonchev–Trinajstić information content (AvgIpc) is 2.39. The van der Waals surface area contributed by atoms with Crippen LogP contribution in [0.4, 0.5) is 0 Å². The maximum absolute atomic E-state index is 6.12. The van der Waals surface area contributed by atoms with E-state index in [1.54, 1.807) is 18.2 Å². The molecule has 0 N–H and O–H groups in total. The molecule has 1 aromatic rings. The van der Waals surface area contributed by atoms with Crippen LogP contribution in [0.2, 0.25) is 10.0 Å². The fraction of sp³-hybridized carbons (Fsp3) is 0.417. The number of rotatable bonds is 1. The van der Waals surface area contributed by atoms with Crippen LogP contribution in [0.3, 0.4) is 0 Å². The average molecular weight is 260 g/mol. The van der Waals surface area contributed by atoms with Gasteiger partial charge in [0.2, 0.25) is 0 Å². The molecule has 1 radical (unpaired) electrons. The maximum atomic E-state index is 6.12. The van der Waals surface area contributed by atoms with Gasteiger partial charge in [0.25, 0.3) is 0 Å². The van der Waals surface area contributed by atoms with Gasteiger partial charge in [-0.2, -0.15) is 0 Å². The molecule has 0 spiro atoms. The molecule has 16 heavy (non-hydrogen) atoms. The predicted molar refractivity (Wildman–Crippen MR) is 64.6 cm³/mol. The summed E-state index contributed by atoms with van der Waals surface area (Å²) in [7, 11) is 0. The minimum Gasteiger partial charge on any atom is -0.344 e. The zero-order valence-corrected chi connectivity index (χ0v) is 10.7. The van der Waals surface area contributed by atoms with E-state index in [9.17, 15) is 0 Å². The molecular formula is C12H13Cl2O2. The molecule has 2 atom stereocenters. The van der Waals surface area contributed by atoms with Gasteiger partial charge >= 0.3 is 0 Å². The molecule has 2 rings (SSSR count). The summed E-state index contributed by atoms with van der Waals surface area (Å²) in [6, 6.07) is 5.36. The van der Waals surface area contributed by atoms with Crippen molar-refractivity contribution < 1.29 is 9.47 Å². The normalized spacial score (nSPS) is 28.3. The minimum absolute atomic E-state index is 0.313. The molecule has 0 aromatic heterocycles. The van der Waals surface area contributed by atoms with Gasteiger partial charge in [0.05, 0.1) is 6.10 Å². The zero-order chi connectivity index (χ0) is 11.9. The monoisotopic (exact) mass is 259 g/mol. The third-order valence-electron chi connectivity index (χ3n) is 2.47. The van der Waals surface area contributed by atoms with Crippen LogP contribution in [0, 0.1) is 6.92 Å². The lowest BCUT2D eigenvalue weighted by molar-refractivity contribution is -0.143. The highest BCUT2D eigenvalue weighted by Crippen LogP contribution is 2.42. The van der Waals surface area contributed by atoms with Crippen LogP contribution in [0.25, 0.3) is 0 Å². The van der Waals surface area contributed by atoms with Crippen LogP contribution in [0.5, 0.6) is 0 Å². The highest BCUT2D eigenvalue weighted by molar-refractivity contribution is 6.36. The molecule has 4 heteroatoms. The van der Waals surface area contributed by atoms with Crippen molar-refractivity contribution in [2.45, 2.75) is 31.8 Å². The molecule has 0 saturated carbocycles. The van der Waals surface area contributed by atoms with E-state index >= 15 is 0 Å². The van der Waals surface area contributed by atoms with Gasteiger partial charge < -0.3 is 9.47 Å². The van der Waals surface area contributed by atoms with Crippen LogP contribution >= 0.6 is 23.2 Å². The van der Waals surface area contributed by atoms with E-state index in [0.717, 1.165) is 5.56 Å². The lowest BCUT2D eigenvalue weighted by atomic mass is 10.1. The zero-order valence-electron chi connectivity index (χ0n) is 9.17. The van der Waals surface area contributed by atoms with Gasteiger partial charge in [0.15, 0.2) is 5.79 Å². The van der Waals surface area contributed by atoms with Crippen molar-refractivity contribution in [3.05, 3.63) is 40.7 Å². The minimum atomic E-state index is -0.653. The molecule has 0 unspecified atom stereocenters. The summed E-state index contributed by atoms with van der Waals surface area (Å²) >= 11 is 12.2. The Balaban J connectivity index is 2.39. The number of ether oxygens (including phenoxy) is 2. The van der Waals surface area contributed by atoms with Crippen molar-refractivity contribution in [2.75, 3.05) is 0 Å². The van der Waals surface area contributed by atoms with Crippen molar-refractivity contribution in [2.24, 2.45) is 0 Å². The highest BCUT2D eigenvalue weighted by Gasteiger charge is 2.41. The number of benzene rings is 1. The van der Waals surface area contributed by atoms with Gasteiger partial charge in [0.1, 0.15) is 6.10 Å². The van der Waals surface area contributed by atoms with E-state index in [-0.39, 0.29) is 12.2 Å². The smallest absolute Gasteiger partial charge is 0.164 e. The van der Waals surface area contributed by atoms with E-state index in [2.05, 4.69) is 6.92 Å². The summed E-state index contributed by atoms with van der Waals surface area (Å²) in [6.45, 7) is 7.60. The molecule has 1 aliphatic heterocycles. The first-order chi connectivity index (χ1) is 7.41. The Morgan fingerprint density at radius 3 is 2.19 bits per heavy atom. The Kier molecular flexibility index (Phi) is 3.19. The van der Waals surface area contributed by atoms with Gasteiger partial charge in [-0.05, 0) is 32.9 Å². The second kappa shape index (κ2) is 4.19. The van der Waals surface area contributed by atoms with E-state index < -0.39 is 5.79 Å². The molecule has 1 aromatic carbocycles. The molecule has 1 heterocycles. The largest absolute Gasteiger partial charge is 0.344 e. The van der Waals surface area contributed by atoms with Crippen LogP contribution in [0.1, 0.15) is 25.5 Å². The first-order valence-corrected chi connectivity index (χ1v) is 5.79. The summed E-state index contributed by atoms with van der Waals surface area (Å²) in [6.07, 6.45) is -0.636. The predicted octanol–water partition coefficient (Wildman–Crippen LogP) is 4.02. The summed E-state index contributed by atoms with van der Waals surface area (Å²) in [4.78, 5) is 0. The van der Waals surface area contributed by atoms with Gasteiger partial charge in [0, 0.05) is 15.6 Å². The molecule has 0 aliphatic carbocycles. The summed E-state index contributed by atoms with van der Waals surface area (Å²) < 4.78 is 11.3. The molecule has 0 amide bonds. The second-order valence-corrected chi connectivity index (χ2v) is 5.04. The van der Waals surface area contributed by atoms with Gasteiger partial charge in [-0.3, -0.25) is 0 Å². The Morgan fingerprint density at radius 1 is 1.19 bits per heavy atom. The fourth-order valence-electron chi connectivity index (χ4n) is 1.86. The van der Waals surface area contributed by atoms with Crippen molar-refractivity contribution in [3.63, 3.8) is 0 Å². The van der Waals surface area contributed by atoms with E-state index in [0.29, 0.717) is 10.0 Å². The topological polar surface area (TPSA) is 18.5 Å². The molecule has 87 valence electrons. The maximum Gasteiger partial charge on any atom is 0.164 e. The van der Waals surface area contributed by atoms with E-state index in [1.165, 1.54) is 0 Å². The van der Waals surface area contributed by atoms with Gasteiger partial charge in [-0.25, -0.2) is 0 Å².